The number of carbonyl (C=O) groups is 1. The van der Waals surface area contributed by atoms with Gasteiger partial charge in [-0.25, -0.2) is 9.52 Å². The molecule has 0 aliphatic heterocycles. The van der Waals surface area contributed by atoms with Crippen LogP contribution in [0.2, 0.25) is 0 Å². The number of phenolic OH excluding ortho intramolecular Hbond substituents is 1. The largest absolute Gasteiger partial charge is 0.508 e. The first-order valence-corrected chi connectivity index (χ1v) is 7.03. The van der Waals surface area contributed by atoms with Crippen LogP contribution in [0.1, 0.15) is 19.4 Å². The van der Waals surface area contributed by atoms with Crippen molar-refractivity contribution >= 4 is 16.3 Å². The molecule has 0 unspecified atom stereocenters. The standard InChI is InChI=1S/C11H16N2O5S/c1-8(2)18-11(15)13-19(16,17)12-7-9-5-3-4-6-10(9)14/h3-6,8,12,14H,7H2,1-2H3,(H,13,15). The maximum atomic E-state index is 11.5. The lowest BCUT2D eigenvalue weighted by molar-refractivity contribution is 0.121. The summed E-state index contributed by atoms with van der Waals surface area (Å²) in [6.07, 6.45) is -1.48. The summed E-state index contributed by atoms with van der Waals surface area (Å²) in [6, 6.07) is 6.27. The van der Waals surface area contributed by atoms with Crippen LogP contribution in [0, 0.1) is 0 Å². The molecule has 1 aromatic carbocycles. The van der Waals surface area contributed by atoms with E-state index in [1.54, 1.807) is 36.8 Å². The highest BCUT2D eigenvalue weighted by Gasteiger charge is 2.16. The molecule has 0 aliphatic carbocycles. The Morgan fingerprint density at radius 1 is 1.37 bits per heavy atom. The predicted molar refractivity (Wildman–Crippen MR) is 68.6 cm³/mol. The first-order chi connectivity index (χ1) is 8.80. The van der Waals surface area contributed by atoms with Crippen molar-refractivity contribution in [1.29, 1.82) is 0 Å². The number of carbonyl (C=O) groups excluding carboxylic acids is 1. The van der Waals surface area contributed by atoms with E-state index in [0.29, 0.717) is 5.56 Å². The van der Waals surface area contributed by atoms with Gasteiger partial charge in [0, 0.05) is 12.1 Å². The summed E-state index contributed by atoms with van der Waals surface area (Å²) in [5.74, 6) is -0.0324. The van der Waals surface area contributed by atoms with Crippen molar-refractivity contribution in [1.82, 2.24) is 9.44 Å². The van der Waals surface area contributed by atoms with Crippen LogP contribution in [-0.2, 0) is 21.5 Å². The maximum Gasteiger partial charge on any atom is 0.422 e. The van der Waals surface area contributed by atoms with E-state index in [4.69, 9.17) is 0 Å². The number of rotatable bonds is 5. The molecule has 0 atom stereocenters. The van der Waals surface area contributed by atoms with Crippen LogP contribution in [0.15, 0.2) is 24.3 Å². The van der Waals surface area contributed by atoms with E-state index in [2.05, 4.69) is 9.46 Å². The third kappa shape index (κ3) is 5.58. The van der Waals surface area contributed by atoms with E-state index in [1.165, 1.54) is 6.07 Å². The fourth-order valence-electron chi connectivity index (χ4n) is 1.22. The lowest BCUT2D eigenvalue weighted by Gasteiger charge is -2.11. The predicted octanol–water partition coefficient (Wildman–Crippen LogP) is 0.861. The maximum absolute atomic E-state index is 11.5. The number of hydrogen-bond acceptors (Lipinski definition) is 5. The Labute approximate surface area is 111 Å². The van der Waals surface area contributed by atoms with Gasteiger partial charge in [0.1, 0.15) is 5.75 Å². The highest BCUT2D eigenvalue weighted by molar-refractivity contribution is 7.88. The molecule has 8 heteroatoms. The highest BCUT2D eigenvalue weighted by Crippen LogP contribution is 2.14. The molecule has 0 aliphatic rings. The summed E-state index contributed by atoms with van der Waals surface area (Å²) >= 11 is 0. The summed E-state index contributed by atoms with van der Waals surface area (Å²) < 4.78 is 31.5. The van der Waals surface area contributed by atoms with E-state index in [1.807, 2.05) is 0 Å². The molecule has 1 amide bonds. The summed E-state index contributed by atoms with van der Waals surface area (Å²) in [5.41, 5.74) is 0.394. The zero-order valence-electron chi connectivity index (χ0n) is 10.6. The van der Waals surface area contributed by atoms with E-state index >= 15 is 0 Å². The Morgan fingerprint density at radius 2 is 2.00 bits per heavy atom. The molecule has 1 aromatic rings. The molecule has 7 nitrogen and oxygen atoms in total. The van der Waals surface area contributed by atoms with Gasteiger partial charge in [0.25, 0.3) is 0 Å². The minimum atomic E-state index is -4.03. The first-order valence-electron chi connectivity index (χ1n) is 5.55. The van der Waals surface area contributed by atoms with Gasteiger partial charge < -0.3 is 9.84 Å². The molecule has 0 bridgehead atoms. The SMILES string of the molecule is CC(C)OC(=O)NS(=O)(=O)NCc1ccccc1O. The first kappa shape index (κ1) is 15.3. The molecule has 19 heavy (non-hydrogen) atoms. The fraction of sp³-hybridized carbons (Fsp3) is 0.364. The normalized spacial score (nSPS) is 11.3. The third-order valence-corrected chi connectivity index (χ3v) is 2.96. The Morgan fingerprint density at radius 3 is 2.58 bits per heavy atom. The van der Waals surface area contributed by atoms with Gasteiger partial charge in [-0.05, 0) is 19.9 Å². The smallest absolute Gasteiger partial charge is 0.422 e. The quantitative estimate of drug-likeness (QED) is 0.745. The van der Waals surface area contributed by atoms with Crippen molar-refractivity contribution in [3.8, 4) is 5.75 Å². The van der Waals surface area contributed by atoms with Gasteiger partial charge in [-0.2, -0.15) is 13.1 Å². The molecular formula is C11H16N2O5S. The lowest BCUT2D eigenvalue weighted by atomic mass is 10.2. The average molecular weight is 288 g/mol. The van der Waals surface area contributed by atoms with Gasteiger partial charge >= 0.3 is 16.3 Å². The molecule has 1 rings (SSSR count). The Kier molecular flexibility index (Phi) is 5.13. The van der Waals surface area contributed by atoms with Crippen LogP contribution in [0.25, 0.3) is 0 Å². The zero-order chi connectivity index (χ0) is 14.5. The van der Waals surface area contributed by atoms with Crippen LogP contribution < -0.4 is 9.44 Å². The molecule has 3 N–H and O–H groups in total. The second-order valence-corrected chi connectivity index (χ2v) is 5.51. The molecule has 106 valence electrons. The van der Waals surface area contributed by atoms with E-state index < -0.39 is 22.4 Å². The van der Waals surface area contributed by atoms with Crippen molar-refractivity contribution in [2.75, 3.05) is 0 Å². The molecule has 0 fully saturated rings. The molecule has 0 heterocycles. The van der Waals surface area contributed by atoms with Crippen molar-refractivity contribution in [2.45, 2.75) is 26.5 Å². The Bertz CT molecular complexity index is 542. The molecular weight excluding hydrogens is 272 g/mol. The highest BCUT2D eigenvalue weighted by atomic mass is 32.2. The summed E-state index contributed by atoms with van der Waals surface area (Å²) in [4.78, 5) is 11.1. The second kappa shape index (κ2) is 6.39. The molecule has 0 aromatic heterocycles. The lowest BCUT2D eigenvalue weighted by Crippen LogP contribution is -2.40. The van der Waals surface area contributed by atoms with Gasteiger partial charge in [-0.1, -0.05) is 18.2 Å². The summed E-state index contributed by atoms with van der Waals surface area (Å²) in [6.45, 7) is 3.06. The van der Waals surface area contributed by atoms with Crippen molar-refractivity contribution < 1.29 is 23.1 Å². The monoisotopic (exact) mass is 288 g/mol. The van der Waals surface area contributed by atoms with Crippen molar-refractivity contribution in [3.05, 3.63) is 29.8 Å². The average Bonchev–Trinajstić information content (AvgIpc) is 2.26. The van der Waals surface area contributed by atoms with E-state index in [9.17, 15) is 18.3 Å². The number of phenols is 1. The minimum Gasteiger partial charge on any atom is -0.508 e. The van der Waals surface area contributed by atoms with Crippen LogP contribution in [0.4, 0.5) is 4.79 Å². The molecule has 0 saturated heterocycles. The van der Waals surface area contributed by atoms with Crippen LogP contribution in [-0.4, -0.2) is 25.7 Å². The Hall–Kier alpha value is -1.80. The van der Waals surface area contributed by atoms with Gasteiger partial charge in [0.05, 0.1) is 6.10 Å². The van der Waals surface area contributed by atoms with Crippen LogP contribution in [0.5, 0.6) is 5.75 Å². The fourth-order valence-corrected chi connectivity index (χ4v) is 1.90. The molecule has 0 spiro atoms. The number of hydrogen-bond donors (Lipinski definition) is 3. The topological polar surface area (TPSA) is 105 Å². The van der Waals surface area contributed by atoms with Gasteiger partial charge in [0.2, 0.25) is 0 Å². The number of ether oxygens (including phenoxy) is 1. The van der Waals surface area contributed by atoms with Crippen molar-refractivity contribution in [2.24, 2.45) is 0 Å². The summed E-state index contributed by atoms with van der Waals surface area (Å²) in [7, 11) is -4.03. The van der Waals surface area contributed by atoms with Crippen LogP contribution in [0.3, 0.4) is 0 Å². The molecule has 0 saturated carbocycles. The van der Waals surface area contributed by atoms with Gasteiger partial charge in [0.15, 0.2) is 0 Å². The minimum absolute atomic E-state index is 0.0324. The number of aromatic hydroxyl groups is 1. The van der Waals surface area contributed by atoms with Crippen molar-refractivity contribution in [3.63, 3.8) is 0 Å². The number of para-hydroxylation sites is 1. The number of nitrogens with one attached hydrogen (secondary N) is 2. The third-order valence-electron chi connectivity index (χ3n) is 2.00. The van der Waals surface area contributed by atoms with Gasteiger partial charge in [-0.15, -0.1) is 0 Å². The van der Waals surface area contributed by atoms with E-state index in [0.717, 1.165) is 0 Å². The summed E-state index contributed by atoms with van der Waals surface area (Å²) in [5, 5.41) is 9.46. The zero-order valence-corrected chi connectivity index (χ0v) is 11.4. The second-order valence-electron chi connectivity index (χ2n) is 4.01. The Balaban J connectivity index is 2.56. The number of amides is 1. The van der Waals surface area contributed by atoms with E-state index in [-0.39, 0.29) is 12.3 Å². The van der Waals surface area contributed by atoms with Crippen LogP contribution >= 0.6 is 0 Å². The van der Waals surface area contributed by atoms with Gasteiger partial charge in [-0.3, -0.25) is 0 Å². The molecule has 0 radical (unpaired) electrons. The number of benzene rings is 1.